The van der Waals surface area contributed by atoms with E-state index in [2.05, 4.69) is 46.8 Å². The number of anilines is 1. The molecule has 0 radical (unpaired) electrons. The normalized spacial score (nSPS) is 20.7. The standard InChI is InChI=1S/C32H39ClN4O/c1-23-9-15-27(16-10-23)36-31-35-22-28(30(38)34-20-17-24-7-3-2-4-8-24)29(37-31)21-32(18-5-6-19-32)25-11-13-26(33)14-12-25/h2-4,7-8,11-14,22-23,27H,5-6,9-10,15-21H2,1H3,(H,34,38)(H,35,36,37). The number of halogens is 1. The third-order valence-electron chi connectivity index (χ3n) is 8.53. The van der Waals surface area contributed by atoms with Crippen LogP contribution in [0, 0.1) is 5.92 Å². The molecule has 0 aliphatic heterocycles. The molecule has 38 heavy (non-hydrogen) atoms. The Morgan fingerprint density at radius 3 is 2.42 bits per heavy atom. The van der Waals surface area contributed by atoms with Gasteiger partial charge in [0, 0.05) is 35.6 Å². The Morgan fingerprint density at radius 2 is 1.71 bits per heavy atom. The summed E-state index contributed by atoms with van der Waals surface area (Å²) >= 11 is 6.22. The van der Waals surface area contributed by atoms with Crippen LogP contribution in [-0.2, 0) is 18.3 Å². The Labute approximate surface area is 231 Å². The summed E-state index contributed by atoms with van der Waals surface area (Å²) < 4.78 is 0. The van der Waals surface area contributed by atoms with Crippen LogP contribution in [0.3, 0.4) is 0 Å². The average molecular weight is 531 g/mol. The number of hydrogen-bond acceptors (Lipinski definition) is 4. The van der Waals surface area contributed by atoms with E-state index in [1.807, 2.05) is 30.3 Å². The lowest BCUT2D eigenvalue weighted by Crippen LogP contribution is -2.32. The smallest absolute Gasteiger partial charge is 0.254 e. The fraction of sp³-hybridized carbons (Fsp3) is 0.469. The van der Waals surface area contributed by atoms with Crippen molar-refractivity contribution in [1.82, 2.24) is 15.3 Å². The number of amides is 1. The van der Waals surface area contributed by atoms with Gasteiger partial charge in [-0.15, -0.1) is 0 Å². The monoisotopic (exact) mass is 530 g/mol. The van der Waals surface area contributed by atoms with Gasteiger partial charge in [-0.05, 0) is 74.1 Å². The van der Waals surface area contributed by atoms with Crippen LogP contribution in [0.5, 0.6) is 0 Å². The van der Waals surface area contributed by atoms with Crippen LogP contribution in [0.2, 0.25) is 5.02 Å². The number of nitrogens with one attached hydrogen (secondary N) is 2. The fourth-order valence-corrected chi connectivity index (χ4v) is 6.33. The first-order valence-electron chi connectivity index (χ1n) is 14.2. The molecule has 2 aliphatic rings. The van der Waals surface area contributed by atoms with E-state index in [1.165, 1.54) is 36.8 Å². The largest absolute Gasteiger partial charge is 0.352 e. The summed E-state index contributed by atoms with van der Waals surface area (Å²) in [6.07, 6.45) is 12.5. The molecule has 0 spiro atoms. The maximum Gasteiger partial charge on any atom is 0.254 e. The summed E-state index contributed by atoms with van der Waals surface area (Å²) in [6.45, 7) is 2.90. The molecule has 2 N–H and O–H groups in total. The highest BCUT2D eigenvalue weighted by Gasteiger charge is 2.37. The summed E-state index contributed by atoms with van der Waals surface area (Å²) in [7, 11) is 0. The molecule has 3 aromatic rings. The third kappa shape index (κ3) is 6.55. The van der Waals surface area contributed by atoms with Gasteiger partial charge in [-0.25, -0.2) is 9.97 Å². The molecule has 2 aromatic carbocycles. The molecule has 1 aromatic heterocycles. The number of aromatic nitrogens is 2. The van der Waals surface area contributed by atoms with Crippen LogP contribution < -0.4 is 10.6 Å². The highest BCUT2D eigenvalue weighted by molar-refractivity contribution is 6.30. The number of benzene rings is 2. The summed E-state index contributed by atoms with van der Waals surface area (Å²) in [6, 6.07) is 18.9. The van der Waals surface area contributed by atoms with E-state index in [0.717, 1.165) is 55.2 Å². The van der Waals surface area contributed by atoms with Gasteiger partial charge in [0.05, 0.1) is 11.3 Å². The fourth-order valence-electron chi connectivity index (χ4n) is 6.20. The molecule has 2 saturated carbocycles. The van der Waals surface area contributed by atoms with Crippen molar-refractivity contribution in [3.05, 3.63) is 88.2 Å². The first-order chi connectivity index (χ1) is 18.5. The SMILES string of the molecule is CC1CCC(Nc2ncc(C(=O)NCCc3ccccc3)c(CC3(c4ccc(Cl)cc4)CCCC3)n2)CC1. The molecule has 5 nitrogen and oxygen atoms in total. The van der Waals surface area contributed by atoms with Crippen molar-refractivity contribution >= 4 is 23.5 Å². The Morgan fingerprint density at radius 1 is 1.00 bits per heavy atom. The molecule has 1 heterocycles. The topological polar surface area (TPSA) is 66.9 Å². The summed E-state index contributed by atoms with van der Waals surface area (Å²) in [5.74, 6) is 1.33. The van der Waals surface area contributed by atoms with Crippen LogP contribution in [0.15, 0.2) is 60.8 Å². The van der Waals surface area contributed by atoms with Gasteiger partial charge >= 0.3 is 0 Å². The minimum atomic E-state index is -0.0989. The molecule has 0 saturated heterocycles. The predicted octanol–water partition coefficient (Wildman–Crippen LogP) is 7.15. The number of rotatable bonds is 9. The average Bonchev–Trinajstić information content (AvgIpc) is 3.40. The molecular weight excluding hydrogens is 492 g/mol. The lowest BCUT2D eigenvalue weighted by atomic mass is 9.74. The number of carbonyl (C=O) groups is 1. The Hall–Kier alpha value is -2.92. The molecular formula is C32H39ClN4O. The molecule has 5 rings (SSSR count). The molecule has 0 unspecified atom stereocenters. The molecule has 2 aliphatic carbocycles. The Balaban J connectivity index is 1.39. The number of hydrogen-bond donors (Lipinski definition) is 2. The lowest BCUT2D eigenvalue weighted by Gasteiger charge is -2.31. The Kier molecular flexibility index (Phi) is 8.63. The second-order valence-corrected chi connectivity index (χ2v) is 11.8. The van der Waals surface area contributed by atoms with E-state index < -0.39 is 0 Å². The van der Waals surface area contributed by atoms with Gasteiger partial charge in [0.25, 0.3) is 5.91 Å². The van der Waals surface area contributed by atoms with Gasteiger partial charge in [-0.2, -0.15) is 0 Å². The van der Waals surface area contributed by atoms with Crippen molar-refractivity contribution in [2.24, 2.45) is 5.92 Å². The van der Waals surface area contributed by atoms with E-state index in [1.54, 1.807) is 6.20 Å². The van der Waals surface area contributed by atoms with Crippen molar-refractivity contribution < 1.29 is 4.79 Å². The van der Waals surface area contributed by atoms with Crippen molar-refractivity contribution in [1.29, 1.82) is 0 Å². The molecule has 0 atom stereocenters. The van der Waals surface area contributed by atoms with E-state index >= 15 is 0 Å². The molecule has 1 amide bonds. The minimum Gasteiger partial charge on any atom is -0.352 e. The van der Waals surface area contributed by atoms with E-state index in [9.17, 15) is 4.79 Å². The van der Waals surface area contributed by atoms with Crippen molar-refractivity contribution in [3.63, 3.8) is 0 Å². The Bertz CT molecular complexity index is 1200. The second-order valence-electron chi connectivity index (χ2n) is 11.3. The second kappa shape index (κ2) is 12.3. The summed E-state index contributed by atoms with van der Waals surface area (Å²) in [5.41, 5.74) is 3.86. The third-order valence-corrected chi connectivity index (χ3v) is 8.78. The van der Waals surface area contributed by atoms with Gasteiger partial charge in [-0.3, -0.25) is 4.79 Å². The van der Waals surface area contributed by atoms with Gasteiger partial charge in [0.2, 0.25) is 5.95 Å². The molecule has 0 bridgehead atoms. The number of carbonyl (C=O) groups excluding carboxylic acids is 1. The number of nitrogens with zero attached hydrogens (tertiary/aromatic N) is 2. The maximum absolute atomic E-state index is 13.4. The quantitative estimate of drug-likeness (QED) is 0.308. The van der Waals surface area contributed by atoms with Gasteiger partial charge in [0.1, 0.15) is 0 Å². The molecule has 200 valence electrons. The van der Waals surface area contributed by atoms with Gasteiger partial charge in [0.15, 0.2) is 0 Å². The lowest BCUT2D eigenvalue weighted by molar-refractivity contribution is 0.0952. The van der Waals surface area contributed by atoms with E-state index in [0.29, 0.717) is 24.1 Å². The van der Waals surface area contributed by atoms with Crippen molar-refractivity contribution in [2.45, 2.75) is 82.6 Å². The van der Waals surface area contributed by atoms with Crippen LogP contribution in [0.4, 0.5) is 5.95 Å². The highest BCUT2D eigenvalue weighted by atomic mass is 35.5. The molecule has 6 heteroatoms. The van der Waals surface area contributed by atoms with Crippen LogP contribution in [0.25, 0.3) is 0 Å². The minimum absolute atomic E-state index is 0.0461. The van der Waals surface area contributed by atoms with Gasteiger partial charge < -0.3 is 10.6 Å². The maximum atomic E-state index is 13.4. The first kappa shape index (κ1) is 26.7. The predicted molar refractivity (Wildman–Crippen MR) is 155 cm³/mol. The molecule has 2 fully saturated rings. The van der Waals surface area contributed by atoms with Crippen LogP contribution in [-0.4, -0.2) is 28.5 Å². The van der Waals surface area contributed by atoms with Crippen LogP contribution in [0.1, 0.15) is 85.5 Å². The zero-order valence-electron chi connectivity index (χ0n) is 22.4. The van der Waals surface area contributed by atoms with Gasteiger partial charge in [-0.1, -0.05) is 73.8 Å². The summed E-state index contributed by atoms with van der Waals surface area (Å²) in [4.78, 5) is 23.1. The van der Waals surface area contributed by atoms with Crippen molar-refractivity contribution in [3.8, 4) is 0 Å². The summed E-state index contributed by atoms with van der Waals surface area (Å²) in [5, 5.41) is 7.45. The highest BCUT2D eigenvalue weighted by Crippen LogP contribution is 2.44. The van der Waals surface area contributed by atoms with Crippen molar-refractivity contribution in [2.75, 3.05) is 11.9 Å². The van der Waals surface area contributed by atoms with Crippen LogP contribution >= 0.6 is 11.6 Å². The zero-order valence-corrected chi connectivity index (χ0v) is 23.1. The zero-order chi connectivity index (χ0) is 26.4. The van der Waals surface area contributed by atoms with E-state index in [4.69, 9.17) is 16.6 Å². The van der Waals surface area contributed by atoms with E-state index in [-0.39, 0.29) is 11.3 Å². The first-order valence-corrected chi connectivity index (χ1v) is 14.6.